The summed E-state index contributed by atoms with van der Waals surface area (Å²) in [6, 6.07) is 3.57. The predicted octanol–water partition coefficient (Wildman–Crippen LogP) is 1.91. The van der Waals surface area contributed by atoms with Crippen LogP contribution in [0.15, 0.2) is 22.8 Å². The number of ether oxygens (including phenoxy) is 1. The van der Waals surface area contributed by atoms with Gasteiger partial charge in [-0.15, -0.1) is 0 Å². The van der Waals surface area contributed by atoms with Crippen molar-refractivity contribution < 1.29 is 18.7 Å². The first-order chi connectivity index (χ1) is 7.72. The zero-order valence-electron chi connectivity index (χ0n) is 9.14. The highest BCUT2D eigenvalue weighted by atomic mass is 16.5. The second kappa shape index (κ2) is 4.51. The molecule has 0 amide bonds. The van der Waals surface area contributed by atoms with E-state index in [0.29, 0.717) is 25.0 Å². The van der Waals surface area contributed by atoms with Crippen molar-refractivity contribution >= 4 is 11.8 Å². The molecule has 1 saturated carbocycles. The Balaban J connectivity index is 2.22. The molecule has 0 N–H and O–H groups in total. The van der Waals surface area contributed by atoms with Crippen LogP contribution < -0.4 is 0 Å². The van der Waals surface area contributed by atoms with Crippen molar-refractivity contribution in [2.75, 3.05) is 7.11 Å². The number of furan rings is 1. The van der Waals surface area contributed by atoms with Crippen LogP contribution in [0.3, 0.4) is 0 Å². The van der Waals surface area contributed by atoms with E-state index in [-0.39, 0.29) is 23.6 Å². The van der Waals surface area contributed by atoms with Gasteiger partial charge in [0.05, 0.1) is 19.3 Å². The van der Waals surface area contributed by atoms with Gasteiger partial charge in [0, 0.05) is 18.8 Å². The van der Waals surface area contributed by atoms with Gasteiger partial charge in [0.1, 0.15) is 11.5 Å². The minimum absolute atomic E-state index is 0.163. The molecule has 1 aromatic rings. The fourth-order valence-electron chi connectivity index (χ4n) is 2.24. The predicted molar refractivity (Wildman–Crippen MR) is 55.8 cm³/mol. The van der Waals surface area contributed by atoms with Crippen molar-refractivity contribution in [1.82, 2.24) is 0 Å². The molecule has 2 rings (SSSR count). The highest BCUT2D eigenvalue weighted by molar-refractivity contribution is 5.84. The highest BCUT2D eigenvalue weighted by Crippen LogP contribution is 2.37. The summed E-state index contributed by atoms with van der Waals surface area (Å²) in [7, 11) is 1.37. The molecule has 1 aliphatic carbocycles. The molecule has 2 atom stereocenters. The van der Waals surface area contributed by atoms with Gasteiger partial charge in [-0.2, -0.15) is 0 Å². The number of ketones is 1. The standard InChI is InChI=1S/C12H14O4/c1-15-12(14)9-5-4-8(13)7-10(9)11-3-2-6-16-11/h2-3,6,9-10H,4-5,7H2,1H3. The third kappa shape index (κ3) is 2.01. The number of esters is 1. The fourth-order valence-corrected chi connectivity index (χ4v) is 2.24. The van der Waals surface area contributed by atoms with E-state index in [1.165, 1.54) is 7.11 Å². The highest BCUT2D eigenvalue weighted by Gasteiger charge is 2.37. The van der Waals surface area contributed by atoms with Crippen molar-refractivity contribution in [1.29, 1.82) is 0 Å². The van der Waals surface area contributed by atoms with Crippen LogP contribution in [-0.2, 0) is 14.3 Å². The molecule has 4 heteroatoms. The Morgan fingerprint density at radius 1 is 1.56 bits per heavy atom. The summed E-state index contributed by atoms with van der Waals surface area (Å²) >= 11 is 0. The maximum atomic E-state index is 11.6. The summed E-state index contributed by atoms with van der Waals surface area (Å²) in [6.45, 7) is 0. The summed E-state index contributed by atoms with van der Waals surface area (Å²) < 4.78 is 10.0. The van der Waals surface area contributed by atoms with Gasteiger partial charge >= 0.3 is 5.97 Å². The SMILES string of the molecule is COC(=O)C1CCC(=O)CC1c1ccco1. The van der Waals surface area contributed by atoms with Crippen molar-refractivity contribution in [2.45, 2.75) is 25.2 Å². The molecule has 1 heterocycles. The maximum absolute atomic E-state index is 11.6. The monoisotopic (exact) mass is 222 g/mol. The molecule has 0 radical (unpaired) electrons. The Bertz CT molecular complexity index is 380. The topological polar surface area (TPSA) is 56.5 Å². The molecule has 0 aromatic carbocycles. The molecule has 86 valence electrons. The number of rotatable bonds is 2. The van der Waals surface area contributed by atoms with Crippen LogP contribution in [-0.4, -0.2) is 18.9 Å². The normalized spacial score (nSPS) is 25.4. The van der Waals surface area contributed by atoms with Crippen LogP contribution in [0.2, 0.25) is 0 Å². The Hall–Kier alpha value is -1.58. The van der Waals surface area contributed by atoms with Gasteiger partial charge in [-0.05, 0) is 18.6 Å². The maximum Gasteiger partial charge on any atom is 0.309 e. The number of Topliss-reactive ketones (excluding diaryl/α,β-unsaturated/α-hetero) is 1. The molecule has 0 bridgehead atoms. The van der Waals surface area contributed by atoms with Crippen molar-refractivity contribution in [3.05, 3.63) is 24.2 Å². The lowest BCUT2D eigenvalue weighted by atomic mass is 9.77. The Morgan fingerprint density at radius 3 is 3.00 bits per heavy atom. The molecule has 0 spiro atoms. The summed E-state index contributed by atoms with van der Waals surface area (Å²) in [4.78, 5) is 23.0. The molecular weight excluding hydrogens is 208 g/mol. The van der Waals surface area contributed by atoms with E-state index in [0.717, 1.165) is 0 Å². The smallest absolute Gasteiger partial charge is 0.309 e. The number of hydrogen-bond acceptors (Lipinski definition) is 4. The molecule has 16 heavy (non-hydrogen) atoms. The quantitative estimate of drug-likeness (QED) is 0.717. The van der Waals surface area contributed by atoms with Gasteiger partial charge in [0.25, 0.3) is 0 Å². The second-order valence-electron chi connectivity index (χ2n) is 4.03. The van der Waals surface area contributed by atoms with E-state index in [2.05, 4.69) is 0 Å². The van der Waals surface area contributed by atoms with Crippen LogP contribution in [0.1, 0.15) is 30.9 Å². The van der Waals surface area contributed by atoms with Gasteiger partial charge in [-0.25, -0.2) is 0 Å². The van der Waals surface area contributed by atoms with E-state index < -0.39 is 0 Å². The molecule has 1 fully saturated rings. The summed E-state index contributed by atoms with van der Waals surface area (Å²) in [5, 5.41) is 0. The number of carbonyl (C=O) groups is 2. The largest absolute Gasteiger partial charge is 0.469 e. The molecule has 1 aromatic heterocycles. The minimum atomic E-state index is -0.256. The molecule has 4 nitrogen and oxygen atoms in total. The van der Waals surface area contributed by atoms with Crippen LogP contribution >= 0.6 is 0 Å². The van der Waals surface area contributed by atoms with Gasteiger partial charge in [-0.3, -0.25) is 9.59 Å². The van der Waals surface area contributed by atoms with Crippen LogP contribution in [0.5, 0.6) is 0 Å². The lowest BCUT2D eigenvalue weighted by Gasteiger charge is -2.27. The molecule has 0 aliphatic heterocycles. The van der Waals surface area contributed by atoms with E-state index in [1.54, 1.807) is 18.4 Å². The van der Waals surface area contributed by atoms with Crippen molar-refractivity contribution in [3.8, 4) is 0 Å². The van der Waals surface area contributed by atoms with E-state index >= 15 is 0 Å². The molecule has 2 unspecified atom stereocenters. The van der Waals surface area contributed by atoms with Gasteiger partial charge in [0.2, 0.25) is 0 Å². The van der Waals surface area contributed by atoms with E-state index in [4.69, 9.17) is 9.15 Å². The second-order valence-corrected chi connectivity index (χ2v) is 4.03. The zero-order chi connectivity index (χ0) is 11.5. The summed E-state index contributed by atoms with van der Waals surface area (Å²) in [5.41, 5.74) is 0. The van der Waals surface area contributed by atoms with Crippen molar-refractivity contribution in [2.24, 2.45) is 5.92 Å². The molecule has 1 aliphatic rings. The minimum Gasteiger partial charge on any atom is -0.469 e. The summed E-state index contributed by atoms with van der Waals surface area (Å²) in [5.74, 6) is 0.205. The van der Waals surface area contributed by atoms with E-state index in [1.807, 2.05) is 0 Å². The van der Waals surface area contributed by atoms with Crippen molar-refractivity contribution in [3.63, 3.8) is 0 Å². The van der Waals surface area contributed by atoms with Crippen LogP contribution in [0.25, 0.3) is 0 Å². The molecular formula is C12H14O4. The third-order valence-corrected chi connectivity index (χ3v) is 3.08. The summed E-state index contributed by atoms with van der Waals surface area (Å²) in [6.07, 6.45) is 2.93. The zero-order valence-corrected chi connectivity index (χ0v) is 9.14. The Labute approximate surface area is 93.6 Å². The fraction of sp³-hybridized carbons (Fsp3) is 0.500. The Kier molecular flexibility index (Phi) is 3.08. The van der Waals surface area contributed by atoms with Gasteiger partial charge in [-0.1, -0.05) is 0 Å². The van der Waals surface area contributed by atoms with Gasteiger partial charge in [0.15, 0.2) is 0 Å². The average Bonchev–Trinajstić information content (AvgIpc) is 2.81. The number of methoxy groups -OCH3 is 1. The van der Waals surface area contributed by atoms with E-state index in [9.17, 15) is 9.59 Å². The third-order valence-electron chi connectivity index (χ3n) is 3.08. The molecule has 0 saturated heterocycles. The first kappa shape index (κ1) is 10.9. The Morgan fingerprint density at radius 2 is 2.38 bits per heavy atom. The van der Waals surface area contributed by atoms with Crippen LogP contribution in [0.4, 0.5) is 0 Å². The average molecular weight is 222 g/mol. The number of carbonyl (C=O) groups excluding carboxylic acids is 2. The van der Waals surface area contributed by atoms with Crippen LogP contribution in [0, 0.1) is 5.92 Å². The first-order valence-electron chi connectivity index (χ1n) is 5.35. The lowest BCUT2D eigenvalue weighted by Crippen LogP contribution is -2.30. The first-order valence-corrected chi connectivity index (χ1v) is 5.35. The lowest BCUT2D eigenvalue weighted by molar-refractivity contribution is -0.148. The number of hydrogen-bond donors (Lipinski definition) is 0. The van der Waals surface area contributed by atoms with Gasteiger partial charge < -0.3 is 9.15 Å².